The number of methoxy groups -OCH3 is 1. The number of nitrogens with zero attached hydrogens (tertiary/aromatic N) is 2. The number of amides is 1. The van der Waals surface area contributed by atoms with Gasteiger partial charge in [-0.05, 0) is 6.26 Å². The lowest BCUT2D eigenvalue weighted by atomic mass is 10.4. The Kier molecular flexibility index (Phi) is 3.52. The van der Waals surface area contributed by atoms with Gasteiger partial charge in [0.05, 0.1) is 7.11 Å². The SMILES string of the molecule is COc1nc(SC)nc(N)c1NC=O. The van der Waals surface area contributed by atoms with Crippen molar-refractivity contribution in [1.29, 1.82) is 0 Å². The van der Waals surface area contributed by atoms with Gasteiger partial charge < -0.3 is 15.8 Å². The van der Waals surface area contributed by atoms with E-state index in [-0.39, 0.29) is 11.7 Å². The van der Waals surface area contributed by atoms with Crippen LogP contribution in [0.25, 0.3) is 0 Å². The van der Waals surface area contributed by atoms with E-state index < -0.39 is 0 Å². The van der Waals surface area contributed by atoms with E-state index in [0.717, 1.165) is 0 Å². The maximum Gasteiger partial charge on any atom is 0.243 e. The molecular weight excluding hydrogens is 204 g/mol. The second-order valence-electron chi connectivity index (χ2n) is 2.24. The Morgan fingerprint density at radius 3 is 2.79 bits per heavy atom. The van der Waals surface area contributed by atoms with E-state index in [1.54, 1.807) is 0 Å². The van der Waals surface area contributed by atoms with Crippen LogP contribution in [0.1, 0.15) is 0 Å². The molecule has 0 fully saturated rings. The van der Waals surface area contributed by atoms with Crippen molar-refractivity contribution in [2.75, 3.05) is 24.4 Å². The number of ether oxygens (including phenoxy) is 1. The summed E-state index contributed by atoms with van der Waals surface area (Å²) in [6.07, 6.45) is 2.32. The van der Waals surface area contributed by atoms with Crippen LogP contribution >= 0.6 is 11.8 Å². The van der Waals surface area contributed by atoms with Gasteiger partial charge in [-0.1, -0.05) is 11.8 Å². The number of rotatable bonds is 4. The molecule has 6 nitrogen and oxygen atoms in total. The van der Waals surface area contributed by atoms with Gasteiger partial charge in [-0.25, -0.2) is 4.98 Å². The average molecular weight is 214 g/mol. The Balaban J connectivity index is 3.19. The number of anilines is 2. The van der Waals surface area contributed by atoms with E-state index in [1.165, 1.54) is 18.9 Å². The van der Waals surface area contributed by atoms with E-state index in [9.17, 15) is 4.79 Å². The monoisotopic (exact) mass is 214 g/mol. The summed E-state index contributed by atoms with van der Waals surface area (Å²) < 4.78 is 4.96. The fourth-order valence-corrected chi connectivity index (χ4v) is 1.23. The number of nitrogens with two attached hydrogens (primary N) is 1. The fraction of sp³-hybridized carbons (Fsp3) is 0.286. The third kappa shape index (κ3) is 2.05. The van der Waals surface area contributed by atoms with E-state index in [1.807, 2.05) is 6.26 Å². The minimum absolute atomic E-state index is 0.188. The first kappa shape index (κ1) is 10.6. The summed E-state index contributed by atoms with van der Waals surface area (Å²) in [4.78, 5) is 18.2. The minimum atomic E-state index is 0.188. The standard InChI is InChI=1S/C7H10N4O2S/c1-13-6-4(9-3-12)5(8)10-7(11-6)14-2/h3H,1-2H3,(H,9,12)(H2,8,10,11). The number of hydrogen-bond acceptors (Lipinski definition) is 6. The predicted octanol–water partition coefficient (Wildman–Crippen LogP) is 0.358. The lowest BCUT2D eigenvalue weighted by molar-refractivity contribution is -0.105. The molecule has 0 bridgehead atoms. The number of nitrogen functional groups attached to an aromatic ring is 1. The van der Waals surface area contributed by atoms with E-state index >= 15 is 0 Å². The normalized spacial score (nSPS) is 9.57. The van der Waals surface area contributed by atoms with Crippen LogP contribution in [0.3, 0.4) is 0 Å². The Hall–Kier alpha value is -1.50. The van der Waals surface area contributed by atoms with E-state index in [4.69, 9.17) is 10.5 Å². The number of carbonyl (C=O) groups excluding carboxylic acids is 1. The summed E-state index contributed by atoms with van der Waals surface area (Å²) in [6, 6.07) is 0. The van der Waals surface area contributed by atoms with Gasteiger partial charge in [0.1, 0.15) is 5.69 Å². The number of thioether (sulfide) groups is 1. The molecule has 0 atom stereocenters. The van der Waals surface area contributed by atoms with Crippen LogP contribution < -0.4 is 15.8 Å². The van der Waals surface area contributed by atoms with Gasteiger partial charge in [-0.3, -0.25) is 4.79 Å². The molecule has 0 aliphatic rings. The van der Waals surface area contributed by atoms with Crippen molar-refractivity contribution in [3.63, 3.8) is 0 Å². The van der Waals surface area contributed by atoms with Crippen LogP contribution in [0.15, 0.2) is 5.16 Å². The molecule has 76 valence electrons. The molecule has 1 amide bonds. The molecule has 7 heteroatoms. The third-order valence-corrected chi connectivity index (χ3v) is 2.01. The first-order valence-electron chi connectivity index (χ1n) is 3.68. The maximum absolute atomic E-state index is 10.3. The summed E-state index contributed by atoms with van der Waals surface area (Å²) >= 11 is 1.34. The summed E-state index contributed by atoms with van der Waals surface area (Å²) in [5.41, 5.74) is 5.89. The van der Waals surface area contributed by atoms with Crippen molar-refractivity contribution in [2.24, 2.45) is 0 Å². The summed E-state index contributed by atoms with van der Waals surface area (Å²) in [5, 5.41) is 2.88. The van der Waals surface area contributed by atoms with Gasteiger partial charge in [0.2, 0.25) is 12.3 Å². The Morgan fingerprint density at radius 2 is 2.29 bits per heavy atom. The zero-order valence-electron chi connectivity index (χ0n) is 7.77. The molecule has 0 saturated carbocycles. The van der Waals surface area contributed by atoms with Crippen molar-refractivity contribution < 1.29 is 9.53 Å². The average Bonchev–Trinajstić information content (AvgIpc) is 2.20. The van der Waals surface area contributed by atoms with Crippen LogP contribution in [0, 0.1) is 0 Å². The number of nitrogens with one attached hydrogen (secondary N) is 1. The quantitative estimate of drug-likeness (QED) is 0.427. The van der Waals surface area contributed by atoms with Crippen molar-refractivity contribution in [1.82, 2.24) is 9.97 Å². The lowest BCUT2D eigenvalue weighted by Gasteiger charge is -2.08. The molecule has 0 radical (unpaired) electrons. The highest BCUT2D eigenvalue weighted by molar-refractivity contribution is 7.98. The predicted molar refractivity (Wildman–Crippen MR) is 54.5 cm³/mol. The molecule has 0 spiro atoms. The summed E-state index contributed by atoms with van der Waals surface area (Å²) in [5.74, 6) is 0.447. The van der Waals surface area contributed by atoms with Gasteiger partial charge in [0, 0.05) is 0 Å². The van der Waals surface area contributed by atoms with Crippen LogP contribution in [0.2, 0.25) is 0 Å². The zero-order chi connectivity index (χ0) is 10.6. The zero-order valence-corrected chi connectivity index (χ0v) is 8.59. The Bertz CT molecular complexity index is 345. The number of hydrogen-bond donors (Lipinski definition) is 2. The smallest absolute Gasteiger partial charge is 0.243 e. The van der Waals surface area contributed by atoms with Gasteiger partial charge in [-0.2, -0.15) is 4.98 Å². The van der Waals surface area contributed by atoms with E-state index in [0.29, 0.717) is 17.3 Å². The minimum Gasteiger partial charge on any atom is -0.479 e. The largest absolute Gasteiger partial charge is 0.479 e. The second-order valence-corrected chi connectivity index (χ2v) is 3.02. The van der Waals surface area contributed by atoms with Gasteiger partial charge >= 0.3 is 0 Å². The summed E-state index contributed by atoms with van der Waals surface area (Å²) in [6.45, 7) is 0. The first-order valence-corrected chi connectivity index (χ1v) is 4.91. The highest BCUT2D eigenvalue weighted by Crippen LogP contribution is 2.28. The van der Waals surface area contributed by atoms with Gasteiger partial charge in [0.15, 0.2) is 11.0 Å². The van der Waals surface area contributed by atoms with Crippen LogP contribution in [0.4, 0.5) is 11.5 Å². The van der Waals surface area contributed by atoms with Crippen LogP contribution in [-0.2, 0) is 4.79 Å². The van der Waals surface area contributed by atoms with Crippen LogP contribution in [-0.4, -0.2) is 29.7 Å². The Labute approximate surface area is 85.3 Å². The van der Waals surface area contributed by atoms with Gasteiger partial charge in [-0.15, -0.1) is 0 Å². The maximum atomic E-state index is 10.3. The van der Waals surface area contributed by atoms with E-state index in [2.05, 4.69) is 15.3 Å². The molecular formula is C7H10N4O2S. The molecule has 0 unspecified atom stereocenters. The van der Waals surface area contributed by atoms with Crippen LogP contribution in [0.5, 0.6) is 5.88 Å². The van der Waals surface area contributed by atoms with Gasteiger partial charge in [0.25, 0.3) is 0 Å². The molecule has 0 saturated heterocycles. The van der Waals surface area contributed by atoms with Crippen molar-refractivity contribution >= 4 is 29.7 Å². The second kappa shape index (κ2) is 4.66. The molecule has 0 aliphatic carbocycles. The molecule has 0 aliphatic heterocycles. The molecule has 3 N–H and O–H groups in total. The fourth-order valence-electron chi connectivity index (χ4n) is 0.870. The van der Waals surface area contributed by atoms with Crippen molar-refractivity contribution in [3.8, 4) is 5.88 Å². The Morgan fingerprint density at radius 1 is 1.57 bits per heavy atom. The number of carbonyl (C=O) groups is 1. The molecule has 0 aromatic carbocycles. The first-order chi connectivity index (χ1) is 6.72. The summed E-state index contributed by atoms with van der Waals surface area (Å²) in [7, 11) is 1.45. The topological polar surface area (TPSA) is 90.1 Å². The highest BCUT2D eigenvalue weighted by atomic mass is 32.2. The molecule has 1 aromatic heterocycles. The van der Waals surface area contributed by atoms with Crippen molar-refractivity contribution in [2.45, 2.75) is 5.16 Å². The number of aromatic nitrogens is 2. The molecule has 1 rings (SSSR count). The lowest BCUT2D eigenvalue weighted by Crippen LogP contribution is -2.06. The molecule has 14 heavy (non-hydrogen) atoms. The van der Waals surface area contributed by atoms with Crippen molar-refractivity contribution in [3.05, 3.63) is 0 Å². The molecule has 1 aromatic rings. The third-order valence-electron chi connectivity index (χ3n) is 1.46. The molecule has 1 heterocycles. The highest BCUT2D eigenvalue weighted by Gasteiger charge is 2.11.